The van der Waals surface area contributed by atoms with Gasteiger partial charge in [-0.1, -0.05) is 63.6 Å². The lowest BCUT2D eigenvalue weighted by Crippen LogP contribution is -2.45. The minimum atomic E-state index is -3.99. The zero-order valence-electron chi connectivity index (χ0n) is 32.2. The predicted octanol–water partition coefficient (Wildman–Crippen LogP) is 7.97. The molecule has 1 aromatic heterocycles. The molecule has 0 spiro atoms. The van der Waals surface area contributed by atoms with Crippen molar-refractivity contribution in [3.63, 3.8) is 0 Å². The fourth-order valence-corrected chi connectivity index (χ4v) is 8.42. The molecule has 13 heteroatoms. The van der Waals surface area contributed by atoms with Crippen LogP contribution in [0.2, 0.25) is 18.1 Å². The Balaban J connectivity index is 1.50. The van der Waals surface area contributed by atoms with Crippen LogP contribution < -0.4 is 9.46 Å². The molecular weight excluding hydrogens is 711 g/mol. The van der Waals surface area contributed by atoms with Gasteiger partial charge in [0, 0.05) is 18.9 Å². The summed E-state index contributed by atoms with van der Waals surface area (Å²) in [4.78, 5) is 31.4. The van der Waals surface area contributed by atoms with Crippen LogP contribution in [0.1, 0.15) is 101 Å². The van der Waals surface area contributed by atoms with E-state index in [0.717, 1.165) is 54.4 Å². The fraction of sp³-hybridized carbons (Fsp3) is 0.525. The van der Waals surface area contributed by atoms with Gasteiger partial charge in [-0.15, -0.1) is 0 Å². The van der Waals surface area contributed by atoms with E-state index in [0.29, 0.717) is 12.2 Å². The Bertz CT molecular complexity index is 1780. The van der Waals surface area contributed by atoms with E-state index >= 15 is 0 Å². The lowest BCUT2D eigenvalue weighted by Gasteiger charge is -2.40. The maximum Gasteiger partial charge on any atom is 0.407 e. The van der Waals surface area contributed by atoms with Crippen molar-refractivity contribution in [2.24, 2.45) is 0 Å². The molecule has 3 N–H and O–H groups in total. The van der Waals surface area contributed by atoms with Gasteiger partial charge >= 0.3 is 6.09 Å². The number of hydrogen-bond donors (Lipinski definition) is 3. The third-order valence-corrected chi connectivity index (χ3v) is 15.9. The topological polar surface area (TPSA) is 155 Å². The van der Waals surface area contributed by atoms with Gasteiger partial charge in [0.15, 0.2) is 8.32 Å². The van der Waals surface area contributed by atoms with Gasteiger partial charge < -0.3 is 24.3 Å². The third kappa shape index (κ3) is 12.7. The summed E-state index contributed by atoms with van der Waals surface area (Å²) >= 11 is 0. The molecule has 0 aliphatic heterocycles. The molecule has 290 valence electrons. The molecule has 0 radical (unpaired) electrons. The molecular formula is C40H57N3O8SSi. The average molecular weight is 768 g/mol. The summed E-state index contributed by atoms with van der Waals surface area (Å²) in [6.07, 6.45) is 7.20. The number of hydrogen-bond acceptors (Lipinski definition) is 8. The highest BCUT2D eigenvalue weighted by Gasteiger charge is 2.40. The van der Waals surface area contributed by atoms with Gasteiger partial charge in [-0.05, 0) is 111 Å². The average Bonchev–Trinajstić information content (AvgIpc) is 3.08. The first-order valence-electron chi connectivity index (χ1n) is 18.5. The van der Waals surface area contributed by atoms with E-state index in [2.05, 4.69) is 43.6 Å². The van der Waals surface area contributed by atoms with Crippen molar-refractivity contribution in [3.05, 3.63) is 83.7 Å². The van der Waals surface area contributed by atoms with Gasteiger partial charge in [0.05, 0.1) is 35.7 Å². The van der Waals surface area contributed by atoms with Crippen LogP contribution >= 0.6 is 0 Å². The Kier molecular flexibility index (Phi) is 13.9. The van der Waals surface area contributed by atoms with Gasteiger partial charge in [-0.3, -0.25) is 9.78 Å². The Morgan fingerprint density at radius 1 is 1.00 bits per heavy atom. The zero-order chi connectivity index (χ0) is 39.0. The van der Waals surface area contributed by atoms with Crippen LogP contribution in [0.25, 0.3) is 11.1 Å². The highest BCUT2D eigenvalue weighted by atomic mass is 32.2. The van der Waals surface area contributed by atoms with E-state index in [1.807, 2.05) is 36.4 Å². The van der Waals surface area contributed by atoms with E-state index in [9.17, 15) is 28.2 Å². The second kappa shape index (κ2) is 17.6. The van der Waals surface area contributed by atoms with E-state index in [1.165, 1.54) is 18.7 Å². The molecule has 0 unspecified atom stereocenters. The van der Waals surface area contributed by atoms with Gasteiger partial charge in [-0.25, -0.2) is 17.9 Å². The number of carbonyl (C=O) groups excluding carboxylic acids is 1. The first kappa shape index (κ1) is 42.0. The van der Waals surface area contributed by atoms with Crippen LogP contribution in [0, 0.1) is 0 Å². The Labute approximate surface area is 316 Å². The monoisotopic (exact) mass is 767 g/mol. The molecule has 3 aromatic rings. The summed E-state index contributed by atoms with van der Waals surface area (Å²) < 4.78 is 40.6. The minimum absolute atomic E-state index is 0.0259. The molecule has 1 aliphatic rings. The number of aromatic nitrogens is 1. The summed E-state index contributed by atoms with van der Waals surface area (Å²) in [5, 5.41) is 20.1. The fourth-order valence-electron chi connectivity index (χ4n) is 5.88. The number of rotatable bonds is 16. The van der Waals surface area contributed by atoms with Crippen molar-refractivity contribution in [3.8, 4) is 16.9 Å². The molecule has 0 saturated heterocycles. The molecule has 1 heterocycles. The first-order valence-corrected chi connectivity index (χ1v) is 23.0. The summed E-state index contributed by atoms with van der Waals surface area (Å²) in [6, 6.07) is 16.7. The van der Waals surface area contributed by atoms with Crippen molar-refractivity contribution in [1.82, 2.24) is 14.6 Å². The van der Waals surface area contributed by atoms with Crippen LogP contribution in [0.4, 0.5) is 4.79 Å². The summed E-state index contributed by atoms with van der Waals surface area (Å²) in [5.41, 5.74) is 2.38. The Hall–Kier alpha value is -3.78. The maximum absolute atomic E-state index is 13.3. The third-order valence-electron chi connectivity index (χ3n) is 10.2. The SMILES string of the molecule is CC(C)(O)CCS(=O)(=O)NC(=O)c1ccc(-c2ccc(CCN(C[C@@H](O[Si](C)(C)C(C)(C)C)c3cccnc3)C(=O)O)cc2)cc1OC1CCCCC1. The number of nitrogens with one attached hydrogen (secondary N) is 1. The number of carboxylic acid groups (broad SMARTS) is 1. The number of sulfonamides is 1. The molecule has 1 saturated carbocycles. The second-order valence-electron chi connectivity index (χ2n) is 16.2. The number of benzene rings is 2. The predicted molar refractivity (Wildman–Crippen MR) is 210 cm³/mol. The Morgan fingerprint density at radius 3 is 2.25 bits per heavy atom. The molecule has 0 bridgehead atoms. The first-order chi connectivity index (χ1) is 24.7. The van der Waals surface area contributed by atoms with Crippen molar-refractivity contribution < 1.29 is 37.4 Å². The van der Waals surface area contributed by atoms with E-state index in [-0.39, 0.29) is 36.2 Å². The van der Waals surface area contributed by atoms with Crippen molar-refractivity contribution in [1.29, 1.82) is 0 Å². The van der Waals surface area contributed by atoms with Gasteiger partial charge in [-0.2, -0.15) is 0 Å². The van der Waals surface area contributed by atoms with Gasteiger partial charge in [0.1, 0.15) is 5.75 Å². The number of carbonyl (C=O) groups is 2. The van der Waals surface area contributed by atoms with Crippen LogP contribution in [0.15, 0.2) is 67.0 Å². The number of pyridine rings is 1. The minimum Gasteiger partial charge on any atom is -0.490 e. The highest BCUT2D eigenvalue weighted by Crippen LogP contribution is 2.40. The lowest BCUT2D eigenvalue weighted by molar-refractivity contribution is 0.0769. The van der Waals surface area contributed by atoms with E-state index in [1.54, 1.807) is 30.6 Å². The van der Waals surface area contributed by atoms with Crippen molar-refractivity contribution >= 4 is 30.3 Å². The maximum atomic E-state index is 13.3. The highest BCUT2D eigenvalue weighted by molar-refractivity contribution is 7.90. The van der Waals surface area contributed by atoms with E-state index in [4.69, 9.17) is 9.16 Å². The number of aliphatic hydroxyl groups is 1. The van der Waals surface area contributed by atoms with Gasteiger partial charge in [0.25, 0.3) is 5.91 Å². The standard InChI is InChI=1S/C40H57N3O8SSi/c1-39(2,3)53(6,7)51-36(32-12-11-23-41-27-32)28-43(38(45)46)24-21-29-15-17-30(18-16-29)31-19-20-34(35(26-31)50-33-13-9-8-10-14-33)37(44)42-52(48,49)25-22-40(4,5)47/h11-12,15-20,23,26-27,33,36,47H,8-10,13-14,21-22,24-25,28H2,1-7H3,(H,42,44)(H,45,46)/t36-/m1/s1. The van der Waals surface area contributed by atoms with Crippen LogP contribution in [0.5, 0.6) is 5.75 Å². The van der Waals surface area contributed by atoms with Crippen LogP contribution in [-0.2, 0) is 20.9 Å². The molecule has 1 atom stereocenters. The molecule has 1 aliphatic carbocycles. The number of ether oxygens (including phenoxy) is 1. The summed E-state index contributed by atoms with van der Waals surface area (Å²) in [6.45, 7) is 14.3. The molecule has 2 aromatic carbocycles. The summed E-state index contributed by atoms with van der Waals surface area (Å²) in [7, 11) is -6.23. The van der Waals surface area contributed by atoms with Gasteiger partial charge in [0.2, 0.25) is 10.0 Å². The molecule has 4 rings (SSSR count). The number of amides is 2. The molecule has 1 fully saturated rings. The number of nitrogens with zero attached hydrogens (tertiary/aromatic N) is 2. The molecule has 2 amide bonds. The molecule has 11 nitrogen and oxygen atoms in total. The Morgan fingerprint density at radius 2 is 1.66 bits per heavy atom. The molecule has 53 heavy (non-hydrogen) atoms. The lowest BCUT2D eigenvalue weighted by atomic mass is 9.97. The second-order valence-corrected chi connectivity index (χ2v) is 22.8. The smallest absolute Gasteiger partial charge is 0.407 e. The van der Waals surface area contributed by atoms with Crippen LogP contribution in [0.3, 0.4) is 0 Å². The van der Waals surface area contributed by atoms with Crippen molar-refractivity contribution in [2.45, 2.75) is 116 Å². The van der Waals surface area contributed by atoms with E-state index < -0.39 is 47.8 Å². The van der Waals surface area contributed by atoms with Crippen molar-refractivity contribution in [2.75, 3.05) is 18.8 Å². The quantitative estimate of drug-likeness (QED) is 0.123. The van der Waals surface area contributed by atoms with Crippen LogP contribution in [-0.4, -0.2) is 79.4 Å². The largest absolute Gasteiger partial charge is 0.490 e. The zero-order valence-corrected chi connectivity index (χ0v) is 34.0. The summed E-state index contributed by atoms with van der Waals surface area (Å²) in [5.74, 6) is -0.864. The normalized spacial score (nSPS) is 15.1.